The van der Waals surface area contributed by atoms with Gasteiger partial charge in [-0.1, -0.05) is 25.4 Å². The fraction of sp³-hybridized carbons (Fsp3) is 0.720. The fourth-order valence-corrected chi connectivity index (χ4v) is 6.69. The summed E-state index contributed by atoms with van der Waals surface area (Å²) < 4.78 is 23.3. The van der Waals surface area contributed by atoms with Crippen molar-refractivity contribution in [3.8, 4) is 0 Å². The number of hydrogen-bond donors (Lipinski definition) is 3. The average Bonchev–Trinajstić information content (AvgIpc) is 2.98. The molecule has 3 N–H and O–H groups in total. The van der Waals surface area contributed by atoms with Crippen LogP contribution in [0.15, 0.2) is 23.1 Å². The number of aliphatic hydroxyl groups is 2. The number of halogens is 1. The predicted molar refractivity (Wildman–Crippen MR) is 134 cm³/mol. The van der Waals surface area contributed by atoms with E-state index in [-0.39, 0.29) is 59.1 Å². The average molecular weight is 532 g/mol. The Labute approximate surface area is 213 Å². The standard InChI is InChI=1S/C25H38ClNO7S/c1-15-5-8-20(25(14-28)19(15)9-6-16(2)33-34-25)17(3)23(29)11-12-24(30)27-22-10-7-18(13-21(22)26)35(4,31)32/h7,10,13,15-17,19-20,23,28-29H,5-6,8-9,11-12,14H2,1-4H3,(H,27,30). The molecule has 2 aliphatic rings. The fourth-order valence-electron chi connectivity index (χ4n) is 5.75. The van der Waals surface area contributed by atoms with Crippen molar-refractivity contribution in [2.45, 2.75) is 82.0 Å². The topological polar surface area (TPSA) is 122 Å². The molecule has 1 aliphatic heterocycles. The summed E-state index contributed by atoms with van der Waals surface area (Å²) in [4.78, 5) is 24.2. The zero-order valence-electron chi connectivity index (χ0n) is 20.9. The number of hydrogen-bond acceptors (Lipinski definition) is 7. The van der Waals surface area contributed by atoms with Gasteiger partial charge in [-0.3, -0.25) is 4.79 Å². The number of rotatable bonds is 8. The maximum atomic E-state index is 12.5. The Morgan fingerprint density at radius 2 is 1.97 bits per heavy atom. The second-order valence-electron chi connectivity index (χ2n) is 10.4. The second-order valence-corrected chi connectivity index (χ2v) is 12.8. The van der Waals surface area contributed by atoms with Crippen molar-refractivity contribution < 1.29 is 33.2 Å². The number of carbonyl (C=O) groups is 1. The van der Waals surface area contributed by atoms with Gasteiger partial charge < -0.3 is 15.5 Å². The lowest BCUT2D eigenvalue weighted by Crippen LogP contribution is -2.58. The van der Waals surface area contributed by atoms with Gasteiger partial charge in [0.15, 0.2) is 9.84 Å². The number of sulfone groups is 1. The van der Waals surface area contributed by atoms with Gasteiger partial charge in [-0.15, -0.1) is 0 Å². The first-order chi connectivity index (χ1) is 16.4. The molecule has 0 aromatic heterocycles. The molecular formula is C25H38ClNO7S. The minimum Gasteiger partial charge on any atom is -0.393 e. The van der Waals surface area contributed by atoms with Crippen molar-refractivity contribution in [1.82, 2.24) is 0 Å². The molecule has 0 spiro atoms. The molecule has 8 nitrogen and oxygen atoms in total. The van der Waals surface area contributed by atoms with E-state index in [0.717, 1.165) is 31.9 Å². The van der Waals surface area contributed by atoms with Crippen molar-refractivity contribution in [3.05, 3.63) is 23.2 Å². The van der Waals surface area contributed by atoms with E-state index in [1.54, 1.807) is 0 Å². The van der Waals surface area contributed by atoms with Crippen molar-refractivity contribution in [3.63, 3.8) is 0 Å². The number of aliphatic hydroxyl groups excluding tert-OH is 2. The molecule has 7 unspecified atom stereocenters. The van der Waals surface area contributed by atoms with Crippen LogP contribution in [0.5, 0.6) is 0 Å². The highest BCUT2D eigenvalue weighted by Gasteiger charge is 2.55. The summed E-state index contributed by atoms with van der Waals surface area (Å²) in [7, 11) is -3.40. The third-order valence-electron chi connectivity index (χ3n) is 7.93. The molecule has 0 bridgehead atoms. The molecule has 1 saturated heterocycles. The minimum absolute atomic E-state index is 0.0564. The van der Waals surface area contributed by atoms with E-state index in [9.17, 15) is 23.4 Å². The first-order valence-corrected chi connectivity index (χ1v) is 14.6. The van der Waals surface area contributed by atoms with E-state index < -0.39 is 21.5 Å². The van der Waals surface area contributed by atoms with Crippen LogP contribution in [0.2, 0.25) is 5.02 Å². The predicted octanol–water partition coefficient (Wildman–Crippen LogP) is 3.98. The maximum absolute atomic E-state index is 12.5. The summed E-state index contributed by atoms with van der Waals surface area (Å²) in [6.07, 6.45) is 4.05. The van der Waals surface area contributed by atoms with Crippen LogP contribution >= 0.6 is 11.6 Å². The third kappa shape index (κ3) is 6.37. The van der Waals surface area contributed by atoms with Crippen molar-refractivity contribution >= 4 is 33.0 Å². The molecule has 1 aromatic carbocycles. The molecular weight excluding hydrogens is 494 g/mol. The van der Waals surface area contributed by atoms with Gasteiger partial charge in [0, 0.05) is 12.7 Å². The SMILES string of the molecule is CC1CCC2C(C)CCC(C(C)C(O)CCC(=O)Nc3ccc(S(C)(=O)=O)cc3Cl)C2(CO)OO1. The minimum atomic E-state index is -3.40. The normalized spacial score (nSPS) is 31.2. The smallest absolute Gasteiger partial charge is 0.224 e. The molecule has 3 rings (SSSR count). The number of anilines is 1. The van der Waals surface area contributed by atoms with E-state index in [1.165, 1.54) is 18.2 Å². The van der Waals surface area contributed by atoms with E-state index >= 15 is 0 Å². The Morgan fingerprint density at radius 3 is 2.60 bits per heavy atom. The van der Waals surface area contributed by atoms with Crippen LogP contribution in [-0.4, -0.2) is 55.2 Å². The Balaban J connectivity index is 1.64. The van der Waals surface area contributed by atoms with Crippen LogP contribution in [-0.2, 0) is 24.4 Å². The first kappa shape index (κ1) is 28.3. The van der Waals surface area contributed by atoms with Gasteiger partial charge in [-0.2, -0.15) is 0 Å². The molecule has 10 heteroatoms. The summed E-state index contributed by atoms with van der Waals surface area (Å²) in [6.45, 7) is 5.90. The van der Waals surface area contributed by atoms with Crippen LogP contribution < -0.4 is 5.32 Å². The molecule has 35 heavy (non-hydrogen) atoms. The van der Waals surface area contributed by atoms with E-state index in [1.807, 2.05) is 13.8 Å². The zero-order valence-corrected chi connectivity index (χ0v) is 22.4. The second kappa shape index (κ2) is 11.4. The number of fused-ring (bicyclic) bond motifs is 1. The Bertz CT molecular complexity index is 1000. The molecule has 1 saturated carbocycles. The van der Waals surface area contributed by atoms with Crippen LogP contribution in [0, 0.1) is 23.7 Å². The molecule has 198 valence electrons. The van der Waals surface area contributed by atoms with E-state index in [4.69, 9.17) is 21.4 Å². The molecule has 1 amide bonds. The lowest BCUT2D eigenvalue weighted by molar-refractivity contribution is -0.410. The molecule has 1 aliphatic carbocycles. The molecule has 7 atom stereocenters. The van der Waals surface area contributed by atoms with Crippen LogP contribution in [0.25, 0.3) is 0 Å². The highest BCUT2D eigenvalue weighted by molar-refractivity contribution is 7.90. The van der Waals surface area contributed by atoms with Gasteiger partial charge in [0.1, 0.15) is 5.60 Å². The summed E-state index contributed by atoms with van der Waals surface area (Å²) in [5.41, 5.74) is -0.562. The van der Waals surface area contributed by atoms with Gasteiger partial charge in [-0.05, 0) is 80.9 Å². The number of amides is 1. The number of benzene rings is 1. The van der Waals surface area contributed by atoms with Gasteiger partial charge in [0.05, 0.1) is 34.4 Å². The van der Waals surface area contributed by atoms with Crippen LogP contribution in [0.4, 0.5) is 5.69 Å². The molecule has 1 heterocycles. The monoisotopic (exact) mass is 531 g/mol. The van der Waals surface area contributed by atoms with Crippen molar-refractivity contribution in [2.75, 3.05) is 18.2 Å². The number of carbonyl (C=O) groups excluding carboxylic acids is 1. The highest BCUT2D eigenvalue weighted by atomic mass is 35.5. The van der Waals surface area contributed by atoms with Crippen molar-refractivity contribution in [2.24, 2.45) is 23.7 Å². The Hall–Kier alpha value is -1.23. The number of nitrogens with one attached hydrogen (secondary N) is 1. The summed E-state index contributed by atoms with van der Waals surface area (Å²) in [5.74, 6) is -0.165. The van der Waals surface area contributed by atoms with Crippen molar-refractivity contribution in [1.29, 1.82) is 0 Å². The lowest BCUT2D eigenvalue weighted by atomic mass is 9.59. The quantitative estimate of drug-likeness (QED) is 0.433. The summed E-state index contributed by atoms with van der Waals surface area (Å²) in [6, 6.07) is 4.14. The third-order valence-corrected chi connectivity index (χ3v) is 9.35. The largest absolute Gasteiger partial charge is 0.393 e. The van der Waals surface area contributed by atoms with Gasteiger partial charge >= 0.3 is 0 Å². The van der Waals surface area contributed by atoms with E-state index in [0.29, 0.717) is 11.6 Å². The Kier molecular flexibility index (Phi) is 9.26. The summed E-state index contributed by atoms with van der Waals surface area (Å²) in [5, 5.41) is 24.3. The first-order valence-electron chi connectivity index (χ1n) is 12.3. The highest BCUT2D eigenvalue weighted by Crippen LogP contribution is 2.51. The van der Waals surface area contributed by atoms with Gasteiger partial charge in [-0.25, -0.2) is 18.2 Å². The maximum Gasteiger partial charge on any atom is 0.224 e. The van der Waals surface area contributed by atoms with Crippen LogP contribution in [0.3, 0.4) is 0 Å². The zero-order chi connectivity index (χ0) is 26.0. The van der Waals surface area contributed by atoms with Gasteiger partial charge in [0.2, 0.25) is 5.91 Å². The van der Waals surface area contributed by atoms with Gasteiger partial charge in [0.25, 0.3) is 0 Å². The van der Waals surface area contributed by atoms with E-state index in [2.05, 4.69) is 12.2 Å². The lowest BCUT2D eigenvalue weighted by Gasteiger charge is -2.51. The van der Waals surface area contributed by atoms with Crippen LogP contribution in [0.1, 0.15) is 59.3 Å². The molecule has 0 radical (unpaired) electrons. The molecule has 1 aromatic rings. The molecule has 2 fully saturated rings. The summed E-state index contributed by atoms with van der Waals surface area (Å²) >= 11 is 6.15. The Morgan fingerprint density at radius 1 is 1.26 bits per heavy atom.